The Balaban J connectivity index is 1.61. The van der Waals surface area contributed by atoms with E-state index in [2.05, 4.69) is 20.3 Å². The number of nitrogens with zero attached hydrogens (tertiary/aromatic N) is 8. The maximum absolute atomic E-state index is 13.7. The number of hydrogen-bond donors (Lipinski definition) is 0. The van der Waals surface area contributed by atoms with Crippen LogP contribution in [0.25, 0.3) is 0 Å². The van der Waals surface area contributed by atoms with E-state index in [1.54, 1.807) is 12.4 Å². The molecule has 2 aliphatic heterocycles. The number of para-hydroxylation sites is 2. The standard InChI is InChI=1S/C20H13F3N8/c21-20(22,23)19-18(27-28-31(19)11-24)17-16-10-29(9-13-5-3-4-8-25-13)14-6-1-2-7-15(14)30(16)12-26-17/h1-8,10H,9,12H2. The highest BCUT2D eigenvalue weighted by atomic mass is 19.4. The second-order valence-corrected chi connectivity index (χ2v) is 6.82. The fourth-order valence-electron chi connectivity index (χ4n) is 3.67. The molecule has 0 aliphatic carbocycles. The first-order valence-corrected chi connectivity index (χ1v) is 9.20. The number of hydrogen-bond acceptors (Lipinski definition) is 7. The van der Waals surface area contributed by atoms with E-state index >= 15 is 0 Å². The molecule has 31 heavy (non-hydrogen) atoms. The first-order valence-electron chi connectivity index (χ1n) is 9.20. The summed E-state index contributed by atoms with van der Waals surface area (Å²) < 4.78 is 41.1. The molecule has 0 N–H and O–H groups in total. The Morgan fingerprint density at radius 2 is 1.84 bits per heavy atom. The molecule has 3 aromatic rings. The van der Waals surface area contributed by atoms with Crippen molar-refractivity contribution in [1.82, 2.24) is 20.0 Å². The van der Waals surface area contributed by atoms with Crippen LogP contribution < -0.4 is 9.80 Å². The maximum atomic E-state index is 13.7. The van der Waals surface area contributed by atoms with Gasteiger partial charge in [0.25, 0.3) is 0 Å². The summed E-state index contributed by atoms with van der Waals surface area (Å²) in [6, 6.07) is 13.1. The Kier molecular flexibility index (Phi) is 4.21. The largest absolute Gasteiger partial charge is 0.436 e. The van der Waals surface area contributed by atoms with Crippen LogP contribution in [0.1, 0.15) is 17.1 Å². The van der Waals surface area contributed by atoms with Crippen molar-refractivity contribution in [2.75, 3.05) is 16.5 Å². The number of alkyl halides is 3. The molecule has 0 bridgehead atoms. The molecule has 8 nitrogen and oxygen atoms in total. The SMILES string of the molecule is N#Cn1nnc(C2=NCN3C2=CN(Cc2ccccn2)c2ccccc23)c1C(F)(F)F. The summed E-state index contributed by atoms with van der Waals surface area (Å²) in [5.41, 5.74) is 1.25. The number of anilines is 2. The van der Waals surface area contributed by atoms with Gasteiger partial charge in [-0.05, 0) is 24.3 Å². The van der Waals surface area contributed by atoms with Gasteiger partial charge >= 0.3 is 6.18 Å². The number of pyridine rings is 1. The number of benzene rings is 1. The summed E-state index contributed by atoms with van der Waals surface area (Å²) in [7, 11) is 0. The monoisotopic (exact) mass is 422 g/mol. The highest BCUT2D eigenvalue weighted by Gasteiger charge is 2.44. The molecule has 1 aromatic carbocycles. The Hall–Kier alpha value is -4.20. The van der Waals surface area contributed by atoms with E-state index in [1.165, 1.54) is 6.19 Å². The predicted molar refractivity (Wildman–Crippen MR) is 105 cm³/mol. The van der Waals surface area contributed by atoms with Crippen LogP contribution in [0.2, 0.25) is 0 Å². The maximum Gasteiger partial charge on any atom is 0.436 e. The van der Waals surface area contributed by atoms with Crippen LogP contribution in [0.5, 0.6) is 0 Å². The molecule has 2 aromatic heterocycles. The molecule has 0 amide bonds. The summed E-state index contributed by atoms with van der Waals surface area (Å²) in [4.78, 5) is 12.4. The lowest BCUT2D eigenvalue weighted by Crippen LogP contribution is -2.32. The zero-order valence-electron chi connectivity index (χ0n) is 15.8. The van der Waals surface area contributed by atoms with Crippen molar-refractivity contribution < 1.29 is 13.2 Å². The summed E-state index contributed by atoms with van der Waals surface area (Å²) in [5, 5.41) is 16.0. The van der Waals surface area contributed by atoms with Gasteiger partial charge in [-0.3, -0.25) is 9.98 Å². The van der Waals surface area contributed by atoms with Gasteiger partial charge in [0.1, 0.15) is 18.1 Å². The van der Waals surface area contributed by atoms with Gasteiger partial charge in [-0.1, -0.05) is 23.4 Å². The highest BCUT2D eigenvalue weighted by Crippen LogP contribution is 2.41. The molecule has 0 spiro atoms. The fourth-order valence-corrected chi connectivity index (χ4v) is 3.67. The summed E-state index contributed by atoms with van der Waals surface area (Å²) in [5.74, 6) is 0. The Morgan fingerprint density at radius 1 is 1.06 bits per heavy atom. The van der Waals surface area contributed by atoms with E-state index in [-0.39, 0.29) is 17.1 Å². The summed E-state index contributed by atoms with van der Waals surface area (Å²) >= 11 is 0. The molecule has 0 saturated heterocycles. The second kappa shape index (κ2) is 6.94. The average Bonchev–Trinajstić information content (AvgIpc) is 3.38. The van der Waals surface area contributed by atoms with Gasteiger partial charge in [0, 0.05) is 12.4 Å². The van der Waals surface area contributed by atoms with Crippen molar-refractivity contribution in [3.8, 4) is 6.19 Å². The second-order valence-electron chi connectivity index (χ2n) is 6.82. The highest BCUT2D eigenvalue weighted by molar-refractivity contribution is 6.17. The minimum Gasteiger partial charge on any atom is -0.338 e. The molecule has 0 unspecified atom stereocenters. The first kappa shape index (κ1) is 18.8. The number of allylic oxidation sites excluding steroid dienone is 1. The Bertz CT molecular complexity index is 1250. The molecule has 0 atom stereocenters. The summed E-state index contributed by atoms with van der Waals surface area (Å²) in [6.07, 6.45) is -0.00881. The molecule has 4 heterocycles. The number of aromatic nitrogens is 4. The van der Waals surface area contributed by atoms with Crippen molar-refractivity contribution >= 4 is 17.1 Å². The van der Waals surface area contributed by atoms with E-state index in [4.69, 9.17) is 5.26 Å². The van der Waals surface area contributed by atoms with Crippen molar-refractivity contribution in [3.63, 3.8) is 0 Å². The zero-order valence-corrected chi connectivity index (χ0v) is 15.8. The van der Waals surface area contributed by atoms with Gasteiger partial charge in [0.15, 0.2) is 5.69 Å². The van der Waals surface area contributed by atoms with E-state index in [0.717, 1.165) is 17.1 Å². The molecule has 0 saturated carbocycles. The molecule has 2 aliphatic rings. The van der Waals surface area contributed by atoms with Gasteiger partial charge in [-0.2, -0.15) is 18.4 Å². The van der Waals surface area contributed by atoms with Crippen molar-refractivity contribution in [2.24, 2.45) is 4.99 Å². The number of nitriles is 1. The first-order chi connectivity index (χ1) is 15.0. The molecule has 5 rings (SSSR count). The fraction of sp³-hybridized carbons (Fsp3) is 0.150. The lowest BCUT2D eigenvalue weighted by Gasteiger charge is -2.34. The third-order valence-electron chi connectivity index (χ3n) is 4.98. The molecule has 154 valence electrons. The van der Waals surface area contributed by atoms with Gasteiger partial charge < -0.3 is 9.80 Å². The van der Waals surface area contributed by atoms with E-state index in [1.807, 2.05) is 52.3 Å². The van der Waals surface area contributed by atoms with Gasteiger partial charge in [-0.15, -0.1) is 9.78 Å². The zero-order chi connectivity index (χ0) is 21.6. The number of aliphatic imine (C=N–C) groups is 1. The quantitative estimate of drug-likeness (QED) is 0.645. The van der Waals surface area contributed by atoms with Crippen LogP contribution in [-0.2, 0) is 12.7 Å². The van der Waals surface area contributed by atoms with Crippen molar-refractivity contribution in [1.29, 1.82) is 5.26 Å². The van der Waals surface area contributed by atoms with E-state index < -0.39 is 17.6 Å². The Labute approximate surface area is 174 Å². The third kappa shape index (κ3) is 3.09. The molecule has 0 radical (unpaired) electrons. The van der Waals surface area contributed by atoms with Crippen LogP contribution in [0.3, 0.4) is 0 Å². The van der Waals surface area contributed by atoms with E-state index in [0.29, 0.717) is 12.2 Å². The average molecular weight is 422 g/mol. The number of rotatable bonds is 3. The van der Waals surface area contributed by atoms with Gasteiger partial charge in [0.2, 0.25) is 6.19 Å². The molecule has 0 fully saturated rings. The van der Waals surface area contributed by atoms with Crippen LogP contribution in [0.4, 0.5) is 24.5 Å². The number of halogens is 3. The number of fused-ring (bicyclic) bond motifs is 3. The lowest BCUT2D eigenvalue weighted by molar-refractivity contribution is -0.142. The summed E-state index contributed by atoms with van der Waals surface area (Å²) in [6.45, 7) is 0.547. The molecule has 11 heteroatoms. The van der Waals surface area contributed by atoms with Gasteiger partial charge in [-0.25, -0.2) is 0 Å². The van der Waals surface area contributed by atoms with Crippen LogP contribution >= 0.6 is 0 Å². The van der Waals surface area contributed by atoms with Crippen LogP contribution in [0.15, 0.2) is 65.6 Å². The van der Waals surface area contributed by atoms with Crippen LogP contribution in [0, 0.1) is 11.5 Å². The molecular formula is C20H13F3N8. The lowest BCUT2D eigenvalue weighted by atomic mass is 10.1. The topological polar surface area (TPSA) is 86.2 Å². The minimum absolute atomic E-state index is 0.0364. The van der Waals surface area contributed by atoms with Crippen LogP contribution in [-0.4, -0.2) is 32.4 Å². The smallest absolute Gasteiger partial charge is 0.338 e. The third-order valence-corrected chi connectivity index (χ3v) is 4.98. The van der Waals surface area contributed by atoms with E-state index in [9.17, 15) is 13.2 Å². The van der Waals surface area contributed by atoms with Gasteiger partial charge in [0.05, 0.1) is 29.3 Å². The normalized spacial score (nSPS) is 15.2. The minimum atomic E-state index is -4.81. The Morgan fingerprint density at radius 3 is 2.55 bits per heavy atom. The molecular weight excluding hydrogens is 409 g/mol. The van der Waals surface area contributed by atoms with Crippen molar-refractivity contribution in [2.45, 2.75) is 12.7 Å². The predicted octanol–water partition coefficient (Wildman–Crippen LogP) is 3.15. The van der Waals surface area contributed by atoms with Crippen molar-refractivity contribution in [3.05, 3.63) is 77.6 Å².